The number of benzene rings is 2. The first-order valence-electron chi connectivity index (χ1n) is 15.9. The highest BCUT2D eigenvalue weighted by Crippen LogP contribution is 2.41. The highest BCUT2D eigenvalue weighted by molar-refractivity contribution is 6.30. The largest absolute Gasteiger partial charge is 0.464 e. The van der Waals surface area contributed by atoms with E-state index in [1.165, 1.54) is 53.1 Å². The van der Waals surface area contributed by atoms with Crippen LogP contribution in [0.1, 0.15) is 71.1 Å². The minimum Gasteiger partial charge on any atom is -0.464 e. The van der Waals surface area contributed by atoms with E-state index in [1.807, 2.05) is 20.8 Å². The minimum atomic E-state index is -2.59. The number of aromatic nitrogens is 4. The molecule has 8 nitrogen and oxygen atoms in total. The van der Waals surface area contributed by atoms with Crippen LogP contribution >= 0.6 is 23.2 Å². The van der Waals surface area contributed by atoms with E-state index in [0.717, 1.165) is 10.1 Å². The smallest absolute Gasteiger partial charge is 0.420 e. The molecule has 4 heterocycles. The van der Waals surface area contributed by atoms with Gasteiger partial charge in [-0.25, -0.2) is 46.3 Å². The van der Waals surface area contributed by atoms with Gasteiger partial charge in [-0.2, -0.15) is 0 Å². The van der Waals surface area contributed by atoms with Gasteiger partial charge in [-0.1, -0.05) is 92.5 Å². The fourth-order valence-corrected chi connectivity index (χ4v) is 5.99. The maximum atomic E-state index is 12.9. The van der Waals surface area contributed by atoms with Gasteiger partial charge >= 0.3 is 12.2 Å². The molecule has 0 atom stereocenters. The number of pyridine rings is 2. The Morgan fingerprint density at radius 3 is 1.69 bits per heavy atom. The Labute approximate surface area is 306 Å². The van der Waals surface area contributed by atoms with E-state index < -0.39 is 36.1 Å². The second-order valence-electron chi connectivity index (χ2n) is 13.8. The number of halogens is 6. The molecule has 0 bridgehead atoms. The van der Waals surface area contributed by atoms with Crippen molar-refractivity contribution in [1.82, 2.24) is 19.1 Å². The molecule has 0 aliphatic heterocycles. The summed E-state index contributed by atoms with van der Waals surface area (Å²) in [5.74, 6) is 0. The van der Waals surface area contributed by atoms with Gasteiger partial charge in [0.25, 0.3) is 12.9 Å². The summed E-state index contributed by atoms with van der Waals surface area (Å²) in [4.78, 5) is 33.2. The van der Waals surface area contributed by atoms with E-state index in [0.29, 0.717) is 38.9 Å². The third-order valence-electron chi connectivity index (χ3n) is 7.81. The zero-order valence-corrected chi connectivity index (χ0v) is 30.4. The molecule has 0 saturated heterocycles. The molecular weight excluding hydrogens is 723 g/mol. The van der Waals surface area contributed by atoms with Gasteiger partial charge in [0, 0.05) is 21.9 Å². The average Bonchev–Trinajstić information content (AvgIpc) is 3.60. The molecule has 272 valence electrons. The molecule has 0 radical (unpaired) electrons. The SMILES string of the molecule is CC(C)(C)OC(=O)n1c(-c2ccc(C(F)F)cc2)cc2ccc(Cl)nc21.CC(C)(C)c1c(-c2ccc(C(F)F)cc2)n(C(=O)O)c2nc(Cl)ccc12. The molecular formula is C38H34Cl2F4N4O4. The number of ether oxygens (including phenoxy) is 1. The summed E-state index contributed by atoms with van der Waals surface area (Å²) in [5.41, 5.74) is 2.03. The van der Waals surface area contributed by atoms with Gasteiger partial charge in [-0.3, -0.25) is 0 Å². The van der Waals surface area contributed by atoms with Gasteiger partial charge in [0.05, 0.1) is 11.4 Å². The number of hydrogen-bond donors (Lipinski definition) is 1. The van der Waals surface area contributed by atoms with Crippen molar-refractivity contribution in [3.05, 3.63) is 106 Å². The molecule has 2 aromatic carbocycles. The van der Waals surface area contributed by atoms with Crippen LogP contribution in [0.5, 0.6) is 0 Å². The number of hydrogen-bond acceptors (Lipinski definition) is 5. The van der Waals surface area contributed by atoms with Crippen LogP contribution in [-0.2, 0) is 10.2 Å². The van der Waals surface area contributed by atoms with Gasteiger partial charge in [0.2, 0.25) is 0 Å². The number of carbonyl (C=O) groups is 2. The lowest BCUT2D eigenvalue weighted by atomic mass is 9.83. The number of carbonyl (C=O) groups excluding carboxylic acids is 1. The maximum absolute atomic E-state index is 12.9. The first kappa shape index (κ1) is 38.3. The Hall–Kier alpha value is -4.94. The molecule has 0 amide bonds. The van der Waals surface area contributed by atoms with Gasteiger partial charge < -0.3 is 9.84 Å². The van der Waals surface area contributed by atoms with Crippen LogP contribution in [0.15, 0.2) is 78.9 Å². The molecule has 0 aliphatic rings. The molecule has 0 fully saturated rings. The van der Waals surface area contributed by atoms with E-state index in [9.17, 15) is 32.3 Å². The molecule has 0 spiro atoms. The summed E-state index contributed by atoms with van der Waals surface area (Å²) < 4.78 is 59.2. The highest BCUT2D eigenvalue weighted by Gasteiger charge is 2.30. The third kappa shape index (κ3) is 8.08. The van der Waals surface area contributed by atoms with Crippen LogP contribution in [0.2, 0.25) is 10.3 Å². The van der Waals surface area contributed by atoms with Crippen molar-refractivity contribution >= 4 is 57.5 Å². The van der Waals surface area contributed by atoms with Gasteiger partial charge in [-0.15, -0.1) is 0 Å². The third-order valence-corrected chi connectivity index (χ3v) is 8.23. The Kier molecular flexibility index (Phi) is 10.7. The second kappa shape index (κ2) is 14.6. The normalized spacial score (nSPS) is 12.0. The molecule has 52 heavy (non-hydrogen) atoms. The number of alkyl halides is 4. The lowest BCUT2D eigenvalue weighted by Gasteiger charge is -2.21. The molecule has 0 unspecified atom stereocenters. The molecule has 0 aliphatic carbocycles. The lowest BCUT2D eigenvalue weighted by molar-refractivity contribution is 0.0546. The van der Waals surface area contributed by atoms with Crippen molar-refractivity contribution < 1.29 is 37.0 Å². The minimum absolute atomic E-state index is 0.0881. The molecule has 1 N–H and O–H groups in total. The summed E-state index contributed by atoms with van der Waals surface area (Å²) in [6.45, 7) is 11.1. The lowest BCUT2D eigenvalue weighted by Crippen LogP contribution is -2.27. The first-order chi connectivity index (χ1) is 24.3. The van der Waals surface area contributed by atoms with E-state index in [2.05, 4.69) is 9.97 Å². The van der Waals surface area contributed by atoms with E-state index >= 15 is 0 Å². The molecule has 6 aromatic rings. The van der Waals surface area contributed by atoms with Crippen molar-refractivity contribution in [2.75, 3.05) is 0 Å². The fourth-order valence-electron chi connectivity index (χ4n) is 5.70. The van der Waals surface area contributed by atoms with Gasteiger partial charge in [0.1, 0.15) is 15.9 Å². The first-order valence-corrected chi connectivity index (χ1v) is 16.7. The molecule has 4 aromatic heterocycles. The second-order valence-corrected chi connectivity index (χ2v) is 14.6. The topological polar surface area (TPSA) is 99.2 Å². The summed E-state index contributed by atoms with van der Waals surface area (Å²) in [7, 11) is 0. The van der Waals surface area contributed by atoms with Crippen LogP contribution < -0.4 is 0 Å². The van der Waals surface area contributed by atoms with E-state index in [4.69, 9.17) is 27.9 Å². The zero-order chi connectivity index (χ0) is 38.3. The fraction of sp³-hybridized carbons (Fsp3) is 0.263. The predicted molar refractivity (Wildman–Crippen MR) is 194 cm³/mol. The van der Waals surface area contributed by atoms with E-state index in [-0.39, 0.29) is 27.1 Å². The average molecular weight is 758 g/mol. The van der Waals surface area contributed by atoms with Crippen molar-refractivity contribution in [1.29, 1.82) is 0 Å². The van der Waals surface area contributed by atoms with E-state index in [1.54, 1.807) is 51.1 Å². The number of nitrogens with zero attached hydrogens (tertiary/aromatic N) is 4. The van der Waals surface area contributed by atoms with Crippen molar-refractivity contribution in [3.8, 4) is 22.5 Å². The molecule has 6 rings (SSSR count). The summed E-state index contributed by atoms with van der Waals surface area (Å²) in [5, 5.41) is 11.6. The summed E-state index contributed by atoms with van der Waals surface area (Å²) in [6.07, 6.45) is -6.97. The van der Waals surface area contributed by atoms with Gasteiger partial charge in [-0.05, 0) is 73.2 Å². The van der Waals surface area contributed by atoms with Crippen molar-refractivity contribution in [3.63, 3.8) is 0 Å². The number of carboxylic acid groups (broad SMARTS) is 1. The monoisotopic (exact) mass is 756 g/mol. The predicted octanol–water partition coefficient (Wildman–Crippen LogP) is 12.2. The van der Waals surface area contributed by atoms with Crippen LogP contribution in [0, 0.1) is 0 Å². The van der Waals surface area contributed by atoms with Gasteiger partial charge in [0.15, 0.2) is 11.3 Å². The summed E-state index contributed by atoms with van der Waals surface area (Å²) in [6, 6.07) is 19.8. The Bertz CT molecular complexity index is 2270. The van der Waals surface area contributed by atoms with Crippen LogP contribution in [0.4, 0.5) is 27.2 Å². The zero-order valence-electron chi connectivity index (χ0n) is 28.9. The quantitative estimate of drug-likeness (QED) is 0.142. The highest BCUT2D eigenvalue weighted by atomic mass is 35.5. The Balaban J connectivity index is 0.000000201. The van der Waals surface area contributed by atoms with Crippen molar-refractivity contribution in [2.24, 2.45) is 0 Å². The molecule has 14 heteroatoms. The van der Waals surface area contributed by atoms with Crippen LogP contribution in [0.25, 0.3) is 44.6 Å². The maximum Gasteiger partial charge on any atom is 0.420 e. The number of rotatable bonds is 4. The summed E-state index contributed by atoms with van der Waals surface area (Å²) >= 11 is 12.0. The standard InChI is InChI=1S/2C19H17ClF2N2O2/c1-19(2,3)26-18(25)24-14(10-13-8-9-15(20)23-17(13)24)11-4-6-12(7-5-11)16(21)22;1-19(2,3)14-12-8-9-13(20)23-17(12)24(18(25)26)15(14)10-4-6-11(7-5-10)16(21)22/h4-10,16H,1-3H3;4-9,16H,1-3H3,(H,25,26). The van der Waals surface area contributed by atoms with Crippen LogP contribution in [0.3, 0.4) is 0 Å². The Morgan fingerprint density at radius 1 is 0.712 bits per heavy atom. The molecule has 0 saturated carbocycles. The number of fused-ring (bicyclic) bond motifs is 2. The van der Waals surface area contributed by atoms with Crippen molar-refractivity contribution in [2.45, 2.75) is 65.4 Å². The Morgan fingerprint density at radius 2 is 1.21 bits per heavy atom. The van der Waals surface area contributed by atoms with Crippen LogP contribution in [-0.4, -0.2) is 42.0 Å².